The fourth-order valence-electron chi connectivity index (χ4n) is 1.79. The van der Waals surface area contributed by atoms with Gasteiger partial charge in [-0.1, -0.05) is 24.3 Å². The van der Waals surface area contributed by atoms with Crippen molar-refractivity contribution >= 4 is 29.3 Å². The van der Waals surface area contributed by atoms with Crippen LogP contribution in [-0.4, -0.2) is 12.9 Å². The molecule has 92 valence electrons. The second-order valence-electron chi connectivity index (χ2n) is 3.83. The number of thiophene rings is 1. The van der Waals surface area contributed by atoms with E-state index in [1.165, 1.54) is 0 Å². The highest BCUT2D eigenvalue weighted by atomic mass is 32.1. The standard InChI is InChI=1S/C15H14O2S/c1-11(16)15-12(5-3-7-14(15)17-2)8-9-13-6-4-10-18-13/h3-10H,1-2H3/b9-8+. The Morgan fingerprint density at radius 2 is 2.06 bits per heavy atom. The second-order valence-corrected chi connectivity index (χ2v) is 4.81. The quantitative estimate of drug-likeness (QED) is 0.771. The molecule has 1 aromatic heterocycles. The van der Waals surface area contributed by atoms with Crippen molar-refractivity contribution in [2.24, 2.45) is 0 Å². The van der Waals surface area contributed by atoms with Crippen LogP contribution in [0.3, 0.4) is 0 Å². The van der Waals surface area contributed by atoms with Crippen molar-refractivity contribution in [3.8, 4) is 5.75 Å². The zero-order chi connectivity index (χ0) is 13.0. The molecular weight excluding hydrogens is 244 g/mol. The summed E-state index contributed by atoms with van der Waals surface area (Å²) in [6.45, 7) is 1.56. The minimum Gasteiger partial charge on any atom is -0.496 e. The molecule has 0 aliphatic heterocycles. The van der Waals surface area contributed by atoms with E-state index in [0.29, 0.717) is 11.3 Å². The first-order valence-corrected chi connectivity index (χ1v) is 6.50. The van der Waals surface area contributed by atoms with Crippen LogP contribution in [0.4, 0.5) is 0 Å². The summed E-state index contributed by atoms with van der Waals surface area (Å²) in [5.74, 6) is 0.633. The van der Waals surface area contributed by atoms with E-state index in [1.54, 1.807) is 31.4 Å². The highest BCUT2D eigenvalue weighted by Crippen LogP contribution is 2.25. The van der Waals surface area contributed by atoms with E-state index in [-0.39, 0.29) is 5.78 Å². The number of hydrogen-bond acceptors (Lipinski definition) is 3. The molecule has 0 aliphatic carbocycles. The number of ether oxygens (including phenoxy) is 1. The Labute approximate surface area is 111 Å². The van der Waals surface area contributed by atoms with Gasteiger partial charge in [-0.3, -0.25) is 4.79 Å². The molecule has 3 heteroatoms. The average Bonchev–Trinajstić information content (AvgIpc) is 2.88. The number of carbonyl (C=O) groups excluding carboxylic acids is 1. The third-order valence-corrected chi connectivity index (χ3v) is 3.44. The predicted molar refractivity (Wildman–Crippen MR) is 76.2 cm³/mol. The Morgan fingerprint density at radius 3 is 2.67 bits per heavy atom. The molecule has 0 N–H and O–H groups in total. The van der Waals surface area contributed by atoms with E-state index < -0.39 is 0 Å². The summed E-state index contributed by atoms with van der Waals surface area (Å²) in [5, 5.41) is 2.02. The van der Waals surface area contributed by atoms with Gasteiger partial charge in [0.1, 0.15) is 5.75 Å². The molecule has 0 aliphatic rings. The lowest BCUT2D eigenvalue weighted by Gasteiger charge is -2.08. The molecule has 2 aromatic rings. The van der Waals surface area contributed by atoms with Crippen molar-refractivity contribution in [2.45, 2.75) is 6.92 Å². The van der Waals surface area contributed by atoms with Crippen LogP contribution in [0, 0.1) is 0 Å². The van der Waals surface area contributed by atoms with Gasteiger partial charge in [-0.25, -0.2) is 0 Å². The van der Waals surface area contributed by atoms with Crippen LogP contribution in [0.5, 0.6) is 5.75 Å². The highest BCUT2D eigenvalue weighted by Gasteiger charge is 2.11. The Balaban J connectivity index is 2.41. The Hall–Kier alpha value is -1.87. The predicted octanol–water partition coefficient (Wildman–Crippen LogP) is 4.13. The molecule has 2 rings (SSSR count). The van der Waals surface area contributed by atoms with Crippen LogP contribution in [0.15, 0.2) is 35.7 Å². The number of carbonyl (C=O) groups is 1. The summed E-state index contributed by atoms with van der Waals surface area (Å²) in [5.41, 5.74) is 1.52. The van der Waals surface area contributed by atoms with Gasteiger partial charge in [0, 0.05) is 4.88 Å². The number of rotatable bonds is 4. The molecule has 1 heterocycles. The number of hydrogen-bond donors (Lipinski definition) is 0. The lowest BCUT2D eigenvalue weighted by atomic mass is 10.0. The summed E-state index contributed by atoms with van der Waals surface area (Å²) in [6, 6.07) is 9.65. The van der Waals surface area contributed by atoms with Crippen LogP contribution >= 0.6 is 11.3 Å². The zero-order valence-corrected chi connectivity index (χ0v) is 11.2. The van der Waals surface area contributed by atoms with Crippen molar-refractivity contribution in [3.63, 3.8) is 0 Å². The maximum Gasteiger partial charge on any atom is 0.164 e. The number of benzene rings is 1. The van der Waals surface area contributed by atoms with Gasteiger partial charge in [-0.2, -0.15) is 0 Å². The smallest absolute Gasteiger partial charge is 0.164 e. The Bertz CT molecular complexity index is 568. The number of ketones is 1. The fraction of sp³-hybridized carbons (Fsp3) is 0.133. The van der Waals surface area contributed by atoms with E-state index in [0.717, 1.165) is 10.4 Å². The van der Waals surface area contributed by atoms with Gasteiger partial charge in [0.25, 0.3) is 0 Å². The lowest BCUT2D eigenvalue weighted by molar-refractivity contribution is 0.101. The van der Waals surface area contributed by atoms with E-state index in [4.69, 9.17) is 4.74 Å². The van der Waals surface area contributed by atoms with Gasteiger partial charge < -0.3 is 4.74 Å². The minimum atomic E-state index is 0.0123. The molecule has 0 bridgehead atoms. The van der Waals surface area contributed by atoms with Crippen molar-refractivity contribution < 1.29 is 9.53 Å². The van der Waals surface area contributed by atoms with Crippen molar-refractivity contribution in [3.05, 3.63) is 51.7 Å². The number of methoxy groups -OCH3 is 1. The molecule has 0 unspecified atom stereocenters. The molecule has 0 saturated carbocycles. The maximum atomic E-state index is 11.7. The molecule has 2 nitrogen and oxygen atoms in total. The normalized spacial score (nSPS) is 10.8. The van der Waals surface area contributed by atoms with Gasteiger partial charge >= 0.3 is 0 Å². The lowest BCUT2D eigenvalue weighted by Crippen LogP contribution is -2.00. The van der Waals surface area contributed by atoms with Gasteiger partial charge in [0.2, 0.25) is 0 Å². The van der Waals surface area contributed by atoms with E-state index in [9.17, 15) is 4.79 Å². The molecule has 0 amide bonds. The highest BCUT2D eigenvalue weighted by molar-refractivity contribution is 7.10. The summed E-state index contributed by atoms with van der Waals surface area (Å²) < 4.78 is 5.23. The van der Waals surface area contributed by atoms with Gasteiger partial charge in [0.15, 0.2) is 5.78 Å². The summed E-state index contributed by atoms with van der Waals surface area (Å²) >= 11 is 1.66. The molecular formula is C15H14O2S. The molecule has 0 radical (unpaired) electrons. The summed E-state index contributed by atoms with van der Waals surface area (Å²) in [7, 11) is 1.58. The zero-order valence-electron chi connectivity index (χ0n) is 10.3. The Morgan fingerprint density at radius 1 is 1.22 bits per heavy atom. The van der Waals surface area contributed by atoms with Gasteiger partial charge in [-0.05, 0) is 36.1 Å². The minimum absolute atomic E-state index is 0.0123. The third kappa shape index (κ3) is 2.68. The maximum absolute atomic E-state index is 11.7. The first-order valence-electron chi connectivity index (χ1n) is 5.62. The second kappa shape index (κ2) is 5.65. The molecule has 18 heavy (non-hydrogen) atoms. The van der Waals surface area contributed by atoms with Crippen LogP contribution in [0.2, 0.25) is 0 Å². The largest absolute Gasteiger partial charge is 0.496 e. The summed E-state index contributed by atoms with van der Waals surface area (Å²) in [6.07, 6.45) is 3.96. The van der Waals surface area contributed by atoms with Gasteiger partial charge in [0.05, 0.1) is 12.7 Å². The fourth-order valence-corrected chi connectivity index (χ4v) is 2.41. The number of Topliss-reactive ketones (excluding diaryl/α,β-unsaturated/α-hetero) is 1. The molecule has 0 atom stereocenters. The van der Waals surface area contributed by atoms with Gasteiger partial charge in [-0.15, -0.1) is 11.3 Å². The van der Waals surface area contributed by atoms with E-state index >= 15 is 0 Å². The first-order chi connectivity index (χ1) is 8.72. The van der Waals surface area contributed by atoms with Crippen molar-refractivity contribution in [1.82, 2.24) is 0 Å². The molecule has 0 spiro atoms. The van der Waals surface area contributed by atoms with Crippen LogP contribution in [0.25, 0.3) is 12.2 Å². The SMILES string of the molecule is COc1cccc(/C=C/c2cccs2)c1C(C)=O. The van der Waals surface area contributed by atoms with Crippen molar-refractivity contribution in [1.29, 1.82) is 0 Å². The molecule has 0 saturated heterocycles. The van der Waals surface area contributed by atoms with E-state index in [1.807, 2.05) is 41.8 Å². The van der Waals surface area contributed by atoms with Crippen molar-refractivity contribution in [2.75, 3.05) is 7.11 Å². The average molecular weight is 258 g/mol. The first kappa shape index (κ1) is 12.6. The van der Waals surface area contributed by atoms with Crippen LogP contribution in [0.1, 0.15) is 27.7 Å². The molecule has 0 fully saturated rings. The topological polar surface area (TPSA) is 26.3 Å². The van der Waals surface area contributed by atoms with Crippen LogP contribution in [-0.2, 0) is 0 Å². The Kier molecular flexibility index (Phi) is 3.95. The third-order valence-electron chi connectivity index (χ3n) is 2.60. The molecule has 1 aromatic carbocycles. The van der Waals surface area contributed by atoms with E-state index in [2.05, 4.69) is 0 Å². The summed E-state index contributed by atoms with van der Waals surface area (Å²) in [4.78, 5) is 12.9. The van der Waals surface area contributed by atoms with Crippen LogP contribution < -0.4 is 4.74 Å². The monoisotopic (exact) mass is 258 g/mol.